The van der Waals surface area contributed by atoms with Gasteiger partial charge in [-0.05, 0) is 187 Å². The van der Waals surface area contributed by atoms with Gasteiger partial charge in [0.25, 0.3) is 6.71 Å². The van der Waals surface area contributed by atoms with Crippen LogP contribution in [0.15, 0.2) is 309 Å². The summed E-state index contributed by atoms with van der Waals surface area (Å²) in [6.07, 6.45) is 0. The lowest BCUT2D eigenvalue weighted by atomic mass is 9.33. The van der Waals surface area contributed by atoms with Crippen LogP contribution in [-0.2, 0) is 10.8 Å². The molecule has 0 radical (unpaired) electrons. The van der Waals surface area contributed by atoms with Crippen molar-refractivity contribution in [2.24, 2.45) is 0 Å². The predicted molar refractivity (Wildman–Crippen MR) is 422 cm³/mol. The average molecular weight is 1300 g/mol. The Labute approximate surface area is 612 Å². The van der Waals surface area contributed by atoms with E-state index in [1.165, 1.54) is 21.3 Å². The van der Waals surface area contributed by atoms with Crippen LogP contribution in [0.5, 0.6) is 0 Å². The lowest BCUT2D eigenvalue weighted by Gasteiger charge is -2.45. The first kappa shape index (κ1) is 41.0. The number of nitriles is 1. The predicted octanol–water partition coefficient (Wildman–Crippen LogP) is 22.5. The number of nitrogens with zero attached hydrogens (tertiary/aromatic N) is 6. The Morgan fingerprint density at radius 2 is 0.740 bits per heavy atom. The molecule has 2 aliphatic heterocycles. The molecule has 0 saturated carbocycles. The number of fused-ring (bicyclic) bond motifs is 13. The minimum atomic E-state index is -0.946. The van der Waals surface area contributed by atoms with Crippen LogP contribution in [0.2, 0.25) is 0 Å². The molecule has 0 atom stereocenters. The zero-order chi connectivity index (χ0) is 85.6. The van der Waals surface area contributed by atoms with Crippen molar-refractivity contribution in [2.45, 2.75) is 52.4 Å². The molecule has 100 heavy (non-hydrogen) atoms. The van der Waals surface area contributed by atoms with Crippen molar-refractivity contribution in [1.29, 1.82) is 5.26 Å². The van der Waals surface area contributed by atoms with Gasteiger partial charge in [0, 0.05) is 72.1 Å². The van der Waals surface area contributed by atoms with Crippen molar-refractivity contribution in [3.63, 3.8) is 0 Å². The van der Waals surface area contributed by atoms with Crippen molar-refractivity contribution < 1.29 is 28.8 Å². The molecule has 7 heteroatoms. The number of hydrogen-bond donors (Lipinski definition) is 0. The third kappa shape index (κ3) is 9.17. The van der Waals surface area contributed by atoms with Gasteiger partial charge >= 0.3 is 0 Å². The van der Waals surface area contributed by atoms with Gasteiger partial charge in [-0.25, -0.2) is 0 Å². The summed E-state index contributed by atoms with van der Waals surface area (Å²) in [6.45, 7) is 12.0. The Hall–Kier alpha value is -12.4. The van der Waals surface area contributed by atoms with Gasteiger partial charge in [0.1, 0.15) is 6.07 Å². The highest BCUT2D eigenvalue weighted by atomic mass is 15.2. The maximum Gasteiger partial charge on any atom is 0.252 e. The fraction of sp³-hybridized carbons (Fsp3) is 0.0860. The summed E-state index contributed by atoms with van der Waals surface area (Å²) in [7, 11) is 0. The van der Waals surface area contributed by atoms with E-state index in [2.05, 4.69) is 118 Å². The zero-order valence-electron chi connectivity index (χ0n) is 76.1. The van der Waals surface area contributed by atoms with Crippen molar-refractivity contribution in [2.75, 3.05) is 9.80 Å². The third-order valence-electron chi connectivity index (χ3n) is 19.9. The van der Waals surface area contributed by atoms with E-state index in [9.17, 15) is 24.5 Å². The molecule has 0 fully saturated rings. The summed E-state index contributed by atoms with van der Waals surface area (Å²) in [5.74, 6) is 0. The lowest BCUT2D eigenvalue weighted by Crippen LogP contribution is -2.61. The van der Waals surface area contributed by atoms with Crippen molar-refractivity contribution >= 4 is 123 Å². The molecule has 0 aliphatic carbocycles. The first-order valence-electron chi connectivity index (χ1n) is 43.6. The second-order valence-electron chi connectivity index (χ2n) is 27.7. The molecule has 2 aliphatic rings. The topological polar surface area (TPSA) is 45.1 Å². The van der Waals surface area contributed by atoms with E-state index in [0.717, 1.165) is 55.2 Å². The van der Waals surface area contributed by atoms with Crippen LogP contribution >= 0.6 is 0 Å². The number of aromatic nitrogens is 3. The largest absolute Gasteiger partial charge is 0.311 e. The monoisotopic (exact) mass is 1300 g/mol. The molecule has 0 bridgehead atoms. The highest BCUT2D eigenvalue weighted by Crippen LogP contribution is 2.51. The van der Waals surface area contributed by atoms with Crippen LogP contribution < -0.4 is 26.2 Å². The van der Waals surface area contributed by atoms with Crippen molar-refractivity contribution in [3.8, 4) is 56.5 Å². The molecule has 0 N–H and O–H groups in total. The van der Waals surface area contributed by atoms with E-state index in [1.54, 1.807) is 24.3 Å². The zero-order valence-corrected chi connectivity index (χ0v) is 55.1. The summed E-state index contributed by atoms with van der Waals surface area (Å²) in [4.78, 5) is 3.98. The molecule has 5 heterocycles. The van der Waals surface area contributed by atoms with Crippen LogP contribution in [0.1, 0.15) is 87.0 Å². The Kier molecular flexibility index (Phi) is 9.16. The number of benzene rings is 14. The van der Waals surface area contributed by atoms with Gasteiger partial charge in [-0.1, -0.05) is 235 Å². The Bertz CT molecular complexity index is 7290. The molecule has 6 nitrogen and oxygen atoms in total. The molecule has 0 amide bonds. The van der Waals surface area contributed by atoms with E-state index in [4.69, 9.17) is 9.60 Å². The van der Waals surface area contributed by atoms with E-state index >= 15 is 0 Å². The van der Waals surface area contributed by atoms with Crippen LogP contribution in [0, 0.1) is 11.3 Å². The summed E-state index contributed by atoms with van der Waals surface area (Å²) < 4.78 is 201. The van der Waals surface area contributed by atoms with Gasteiger partial charge in [-0.3, -0.25) is 0 Å². The highest BCUT2D eigenvalue weighted by molar-refractivity contribution is 7.00. The second-order valence-corrected chi connectivity index (χ2v) is 27.7. The molecule has 3 aromatic heterocycles. The Balaban J connectivity index is 1.03. The van der Waals surface area contributed by atoms with Crippen molar-refractivity contribution in [1.82, 2.24) is 13.7 Å². The lowest BCUT2D eigenvalue weighted by molar-refractivity contribution is 0.590. The number of anilines is 6. The first-order valence-corrected chi connectivity index (χ1v) is 33.1. The van der Waals surface area contributed by atoms with Gasteiger partial charge in [0.2, 0.25) is 0 Å². The number of hydrogen-bond acceptors (Lipinski definition) is 3. The maximum absolute atomic E-state index is 12.2. The number of para-hydroxylation sites is 4. The molecule has 17 aromatic rings. The second kappa shape index (κ2) is 22.3. The minimum Gasteiger partial charge on any atom is -0.311 e. The quantitative estimate of drug-likeness (QED) is 0.142. The van der Waals surface area contributed by atoms with Crippen molar-refractivity contribution in [3.05, 3.63) is 326 Å². The van der Waals surface area contributed by atoms with Gasteiger partial charge in [0.05, 0.1) is 78.8 Å². The maximum atomic E-state index is 12.2. The fourth-order valence-electron chi connectivity index (χ4n) is 15.2. The van der Waals surface area contributed by atoms with Gasteiger partial charge in [-0.2, -0.15) is 5.26 Å². The molecule has 0 saturated heterocycles. The number of rotatable bonds is 8. The van der Waals surface area contributed by atoms with Gasteiger partial charge in [-0.15, -0.1) is 0 Å². The van der Waals surface area contributed by atoms with Crippen LogP contribution in [-0.4, -0.2) is 20.4 Å². The smallest absolute Gasteiger partial charge is 0.252 e. The Morgan fingerprint density at radius 3 is 1.24 bits per heavy atom. The molecular formula is C93H69BN6. The summed E-state index contributed by atoms with van der Waals surface area (Å²) in [6, 6.07) is 48.4. The minimum absolute atomic E-state index is 0.0111. The normalized spacial score (nSPS) is 15.8. The summed E-state index contributed by atoms with van der Waals surface area (Å²) >= 11 is 0. The summed E-state index contributed by atoms with van der Waals surface area (Å²) in [5.41, 5.74) is 10.4. The molecule has 0 unspecified atom stereocenters. The Morgan fingerprint density at radius 1 is 0.310 bits per heavy atom. The van der Waals surface area contributed by atoms with Crippen LogP contribution in [0.25, 0.3) is 116 Å². The van der Waals surface area contributed by atoms with Crippen LogP contribution in [0.3, 0.4) is 0 Å². The molecule has 19 rings (SSSR count). The highest BCUT2D eigenvalue weighted by Gasteiger charge is 2.45. The third-order valence-corrected chi connectivity index (χ3v) is 19.9. The standard InChI is InChI=1S/C93H69BN6/c1-92(2,3)66-40-46-84-76(52-66)77-53-67(93(4,5)6)41-47-85(77)98(84)71-56-89-91-90(57-71)100(86-54-68(42-38-63(86)58-95)96-80-34-20-16-30-72(80)73-31-17-21-35-81(73)96)88-55-69(97-82-36-22-18-32-74(82)75-33-19-23-37-83(75)97)43-45-79(88)94(91)78-44-39-62(59-24-10-7-11-25-59)51-87(78)99(89)70-49-64(60-26-12-8-13-27-60)48-65(50-70)61-28-14-9-15-29-61/h7-57H,1-6H3/i7D,10D,11D,16D,17D,18D,19D,20D,21D,22D,23D,24D,25D,30D,31D,32D,33D,34D,35D,36D,37D. The van der Waals surface area contributed by atoms with Gasteiger partial charge in [0.15, 0.2) is 0 Å². The SMILES string of the molecule is [2H]c1c([2H])c([2H])c(-c2ccc3c(c2)N(c2cc(-c4ccccc4)cc(-c4ccccc4)c2)c2cc(-n4c5ccc(C(C)(C)C)cc5c5cc(C(C)(C)C)ccc54)cc4c2B3c2ccc(-n3c5c([2H])c([2H])c([2H])c([2H])c5c5c([2H])c([2H])c([2H])c([2H])c53)cc2N4c2cc(-n3c4c([2H])c([2H])c([2H])c([2H])c4c4c([2H])c([2H])c([2H])c([2H])c43)ccc2C#N)c([2H])c1[2H]. The van der Waals surface area contributed by atoms with Gasteiger partial charge < -0.3 is 23.5 Å². The average Bonchev–Trinajstić information content (AvgIpc) is 1.68. The van der Waals surface area contributed by atoms with Crippen LogP contribution in [0.4, 0.5) is 34.1 Å². The molecule has 0 spiro atoms. The van der Waals surface area contributed by atoms with E-state index in [1.807, 2.05) is 89.8 Å². The van der Waals surface area contributed by atoms with E-state index in [0.29, 0.717) is 44.8 Å². The van der Waals surface area contributed by atoms with E-state index < -0.39 is 134 Å². The van der Waals surface area contributed by atoms with E-state index in [-0.39, 0.29) is 93.9 Å². The first-order chi connectivity index (χ1) is 57.5. The summed E-state index contributed by atoms with van der Waals surface area (Å²) in [5, 5.41) is 13.2. The fourth-order valence-corrected chi connectivity index (χ4v) is 15.2. The molecular weight excluding hydrogens is 1210 g/mol. The molecule has 474 valence electrons. The molecule has 14 aromatic carbocycles.